The highest BCUT2D eigenvalue weighted by molar-refractivity contribution is 6.04. The van der Waals surface area contributed by atoms with Crippen molar-refractivity contribution < 1.29 is 9.59 Å². The first-order chi connectivity index (χ1) is 13.9. The number of aryl methyl sites for hydroxylation is 1. The van der Waals surface area contributed by atoms with Crippen LogP contribution >= 0.6 is 0 Å². The Kier molecular flexibility index (Phi) is 6.24. The van der Waals surface area contributed by atoms with Gasteiger partial charge in [-0.1, -0.05) is 31.2 Å². The van der Waals surface area contributed by atoms with Crippen molar-refractivity contribution in [1.82, 2.24) is 4.57 Å². The molecular formula is C23H23N3O3. The summed E-state index contributed by atoms with van der Waals surface area (Å²) in [4.78, 5) is 35.9. The molecule has 0 radical (unpaired) electrons. The lowest BCUT2D eigenvalue weighted by Gasteiger charge is -2.10. The first kappa shape index (κ1) is 20.1. The third-order valence-electron chi connectivity index (χ3n) is 4.49. The van der Waals surface area contributed by atoms with Crippen LogP contribution < -0.4 is 16.2 Å². The van der Waals surface area contributed by atoms with Crippen molar-refractivity contribution in [1.29, 1.82) is 0 Å². The number of pyridine rings is 1. The lowest BCUT2D eigenvalue weighted by molar-refractivity contribution is -0.114. The van der Waals surface area contributed by atoms with Crippen LogP contribution in [0.4, 0.5) is 11.4 Å². The SMILES string of the molecule is CCc1ccc(Cn2cc(C(=O)Nc3ccc(NC(C)=O)cc3)ccc2=O)cc1. The van der Waals surface area contributed by atoms with Crippen LogP contribution in [-0.4, -0.2) is 16.4 Å². The van der Waals surface area contributed by atoms with Crippen molar-refractivity contribution in [3.8, 4) is 0 Å². The Hall–Kier alpha value is -3.67. The average molecular weight is 389 g/mol. The van der Waals surface area contributed by atoms with Crippen molar-refractivity contribution in [2.45, 2.75) is 26.8 Å². The highest BCUT2D eigenvalue weighted by Crippen LogP contribution is 2.15. The number of nitrogens with one attached hydrogen (secondary N) is 2. The summed E-state index contributed by atoms with van der Waals surface area (Å²) in [5.41, 5.74) is 3.70. The zero-order valence-electron chi connectivity index (χ0n) is 16.4. The summed E-state index contributed by atoms with van der Waals surface area (Å²) < 4.78 is 1.52. The van der Waals surface area contributed by atoms with Gasteiger partial charge in [0, 0.05) is 30.6 Å². The molecule has 0 aliphatic carbocycles. The third kappa shape index (κ3) is 5.42. The molecule has 0 aliphatic heterocycles. The number of carbonyl (C=O) groups is 2. The van der Waals surface area contributed by atoms with Crippen LogP contribution in [0, 0.1) is 0 Å². The first-order valence-electron chi connectivity index (χ1n) is 9.42. The lowest BCUT2D eigenvalue weighted by atomic mass is 10.1. The number of carbonyl (C=O) groups excluding carboxylic acids is 2. The number of nitrogens with zero attached hydrogens (tertiary/aromatic N) is 1. The second kappa shape index (κ2) is 9.01. The molecule has 2 amide bonds. The Bertz CT molecular complexity index is 1070. The number of hydrogen-bond donors (Lipinski definition) is 2. The fourth-order valence-corrected chi connectivity index (χ4v) is 2.91. The smallest absolute Gasteiger partial charge is 0.257 e. The maximum absolute atomic E-state index is 12.6. The van der Waals surface area contributed by atoms with E-state index in [1.807, 2.05) is 24.3 Å². The van der Waals surface area contributed by atoms with E-state index in [2.05, 4.69) is 17.6 Å². The van der Waals surface area contributed by atoms with E-state index in [4.69, 9.17) is 0 Å². The summed E-state index contributed by atoms with van der Waals surface area (Å²) in [5, 5.41) is 5.47. The molecule has 1 heterocycles. The van der Waals surface area contributed by atoms with Crippen LogP contribution in [0.2, 0.25) is 0 Å². The standard InChI is InChI=1S/C23H23N3O3/c1-3-17-4-6-18(7-5-17)14-26-15-19(8-13-22(26)28)23(29)25-21-11-9-20(10-12-21)24-16(2)27/h4-13,15H,3,14H2,1-2H3,(H,24,27)(H,25,29). The Morgan fingerprint density at radius 1 is 0.828 bits per heavy atom. The van der Waals surface area contributed by atoms with Gasteiger partial charge >= 0.3 is 0 Å². The molecule has 0 atom stereocenters. The van der Waals surface area contributed by atoms with Crippen LogP contribution in [0.1, 0.15) is 35.3 Å². The van der Waals surface area contributed by atoms with Crippen molar-refractivity contribution in [3.63, 3.8) is 0 Å². The molecule has 0 bridgehead atoms. The van der Waals surface area contributed by atoms with E-state index in [0.29, 0.717) is 23.5 Å². The zero-order valence-corrected chi connectivity index (χ0v) is 16.4. The number of benzene rings is 2. The molecule has 3 aromatic rings. The minimum Gasteiger partial charge on any atom is -0.326 e. The van der Waals surface area contributed by atoms with Crippen molar-refractivity contribution in [3.05, 3.63) is 93.9 Å². The van der Waals surface area contributed by atoms with Gasteiger partial charge in [0.15, 0.2) is 0 Å². The summed E-state index contributed by atoms with van der Waals surface area (Å²) in [7, 11) is 0. The van der Waals surface area contributed by atoms with E-state index in [0.717, 1.165) is 12.0 Å². The molecule has 6 heteroatoms. The molecule has 0 saturated carbocycles. The van der Waals surface area contributed by atoms with Gasteiger partial charge in [-0.25, -0.2) is 0 Å². The molecular weight excluding hydrogens is 366 g/mol. The van der Waals surface area contributed by atoms with Gasteiger partial charge in [0.05, 0.1) is 12.1 Å². The van der Waals surface area contributed by atoms with Gasteiger partial charge in [0.1, 0.15) is 0 Å². The van der Waals surface area contributed by atoms with Crippen molar-refractivity contribution in [2.24, 2.45) is 0 Å². The minimum atomic E-state index is -0.313. The predicted octanol–water partition coefficient (Wildman–Crippen LogP) is 3.67. The molecule has 0 aliphatic rings. The van der Waals surface area contributed by atoms with Crippen LogP contribution in [0.3, 0.4) is 0 Å². The molecule has 0 unspecified atom stereocenters. The number of rotatable bonds is 6. The first-order valence-corrected chi connectivity index (χ1v) is 9.42. The molecule has 0 spiro atoms. The van der Waals surface area contributed by atoms with Gasteiger partial charge in [-0.3, -0.25) is 14.4 Å². The number of hydrogen-bond acceptors (Lipinski definition) is 3. The van der Waals surface area contributed by atoms with Crippen molar-refractivity contribution in [2.75, 3.05) is 10.6 Å². The van der Waals surface area contributed by atoms with Crippen LogP contribution in [-0.2, 0) is 17.8 Å². The molecule has 29 heavy (non-hydrogen) atoms. The van der Waals surface area contributed by atoms with Gasteiger partial charge in [-0.05, 0) is 47.9 Å². The minimum absolute atomic E-state index is 0.159. The summed E-state index contributed by atoms with van der Waals surface area (Å²) in [6.45, 7) is 3.92. The van der Waals surface area contributed by atoms with E-state index in [1.165, 1.54) is 29.2 Å². The fraction of sp³-hybridized carbons (Fsp3) is 0.174. The number of aromatic nitrogens is 1. The fourth-order valence-electron chi connectivity index (χ4n) is 2.91. The summed E-state index contributed by atoms with van der Waals surface area (Å²) in [6, 6.07) is 17.8. The molecule has 2 aromatic carbocycles. The normalized spacial score (nSPS) is 10.4. The van der Waals surface area contributed by atoms with Gasteiger partial charge < -0.3 is 15.2 Å². The van der Waals surface area contributed by atoms with Crippen LogP contribution in [0.25, 0.3) is 0 Å². The van der Waals surface area contributed by atoms with Gasteiger partial charge in [0.25, 0.3) is 11.5 Å². The molecule has 0 fully saturated rings. The van der Waals surface area contributed by atoms with Crippen LogP contribution in [0.15, 0.2) is 71.7 Å². The third-order valence-corrected chi connectivity index (χ3v) is 4.49. The molecule has 6 nitrogen and oxygen atoms in total. The highest BCUT2D eigenvalue weighted by atomic mass is 16.2. The monoisotopic (exact) mass is 389 g/mol. The highest BCUT2D eigenvalue weighted by Gasteiger charge is 2.09. The lowest BCUT2D eigenvalue weighted by Crippen LogP contribution is -2.22. The largest absolute Gasteiger partial charge is 0.326 e. The van der Waals surface area contributed by atoms with E-state index >= 15 is 0 Å². The van der Waals surface area contributed by atoms with Crippen LogP contribution in [0.5, 0.6) is 0 Å². The van der Waals surface area contributed by atoms with E-state index in [9.17, 15) is 14.4 Å². The molecule has 0 saturated heterocycles. The van der Waals surface area contributed by atoms with E-state index in [1.54, 1.807) is 30.5 Å². The second-order valence-corrected chi connectivity index (χ2v) is 6.77. The molecule has 1 aromatic heterocycles. The average Bonchev–Trinajstić information content (AvgIpc) is 2.71. The Morgan fingerprint density at radius 3 is 2.00 bits per heavy atom. The Labute approximate surface area is 169 Å². The maximum Gasteiger partial charge on any atom is 0.257 e. The van der Waals surface area contributed by atoms with Gasteiger partial charge in [-0.15, -0.1) is 0 Å². The van der Waals surface area contributed by atoms with Gasteiger partial charge in [0.2, 0.25) is 5.91 Å². The Balaban J connectivity index is 1.73. The zero-order chi connectivity index (χ0) is 20.8. The van der Waals surface area contributed by atoms with E-state index in [-0.39, 0.29) is 17.4 Å². The second-order valence-electron chi connectivity index (χ2n) is 6.77. The predicted molar refractivity (Wildman–Crippen MR) is 114 cm³/mol. The number of anilines is 2. The molecule has 2 N–H and O–H groups in total. The maximum atomic E-state index is 12.6. The topological polar surface area (TPSA) is 80.2 Å². The number of amides is 2. The quantitative estimate of drug-likeness (QED) is 0.675. The summed E-state index contributed by atoms with van der Waals surface area (Å²) in [6.07, 6.45) is 2.53. The summed E-state index contributed by atoms with van der Waals surface area (Å²) in [5.74, 6) is -0.472. The van der Waals surface area contributed by atoms with Gasteiger partial charge in [-0.2, -0.15) is 0 Å². The van der Waals surface area contributed by atoms with E-state index < -0.39 is 0 Å². The molecule has 3 rings (SSSR count). The molecule has 148 valence electrons. The van der Waals surface area contributed by atoms with Crippen molar-refractivity contribution >= 4 is 23.2 Å². The summed E-state index contributed by atoms with van der Waals surface area (Å²) >= 11 is 0. The Morgan fingerprint density at radius 2 is 1.41 bits per heavy atom.